The van der Waals surface area contributed by atoms with Crippen LogP contribution in [0.15, 0.2) is 109 Å². The van der Waals surface area contributed by atoms with Crippen LogP contribution >= 0.6 is 11.6 Å². The van der Waals surface area contributed by atoms with Crippen molar-refractivity contribution < 1.29 is 117 Å². The zero-order chi connectivity index (χ0) is 90.3. The Kier molecular flexibility index (Phi) is 27.0. The summed E-state index contributed by atoms with van der Waals surface area (Å²) in [7, 11) is 1.29. The van der Waals surface area contributed by atoms with Crippen LogP contribution in [0.3, 0.4) is 0 Å². The fourth-order valence-electron chi connectivity index (χ4n) is 17.6. The number of carbonyl (C=O) groups is 11. The number of hydrogen-bond donors (Lipinski definition) is 17. The predicted molar refractivity (Wildman–Crippen MR) is 447 cm³/mol. The van der Waals surface area contributed by atoms with Gasteiger partial charge in [-0.2, -0.15) is 0 Å². The molecule has 16 rings (SSSR count). The van der Waals surface area contributed by atoms with Gasteiger partial charge >= 0.3 is 18.2 Å². The van der Waals surface area contributed by atoms with Gasteiger partial charge in [0.1, 0.15) is 113 Å². The molecule has 6 heterocycles. The van der Waals surface area contributed by atoms with Gasteiger partial charge in [-0.25, -0.2) is 14.4 Å². The van der Waals surface area contributed by atoms with E-state index in [9.17, 15) is 54.9 Å². The van der Waals surface area contributed by atoms with E-state index in [0.717, 1.165) is 55.2 Å². The second-order valence-electron chi connectivity index (χ2n) is 35.7. The number of phenolic OH excluding ortho intramolecular Hbond substituents is 2. The maximum absolute atomic E-state index is 16.6. The van der Waals surface area contributed by atoms with E-state index in [1.807, 2.05) is 0 Å². The van der Waals surface area contributed by atoms with Crippen LogP contribution in [-0.2, 0) is 59.1 Å². The molecule has 4 saturated carbocycles. The summed E-state index contributed by atoms with van der Waals surface area (Å²) >= 11 is 7.27. The number of benzene rings is 6. The molecule has 12 amide bonds. The van der Waals surface area contributed by atoms with Crippen LogP contribution in [0.4, 0.5) is 14.4 Å². The quantitative estimate of drug-likeness (QED) is 0.0508. The van der Waals surface area contributed by atoms with Crippen molar-refractivity contribution in [2.75, 3.05) is 13.6 Å². The molecule has 4 aliphatic carbocycles. The van der Waals surface area contributed by atoms with Gasteiger partial charge in [-0.1, -0.05) is 74.0 Å². The SMILES string of the molecule is Cc1cc2ccc1Oc1cc3cc(c1O[C@@H]1O[C@H](CNC(=O)OC(C)(C)C)[C@@H](O)[C@H](O)[C@H]1O)Oc1ccc(cc1Cl)[C@@H](O)[C@@H]1NC(=O)[C@H](NC(=O)[C@@H]3NC(=O)[C@H](CC(=O)NC(=O)NCc3ccccc3)NC(=O)[C@H](NC(=O)[C@@H](CC(C)C)N(C)C(=O)OC(C)(C)C)[C@@H]2O)c2ccc(O)c(c2)-c2c(C)cc(O)cc2[C@@H](C(=O)NC2C3CC4CC(C3)CC2C4)NC1=O. The molecule has 14 atom stereocenters. The Morgan fingerprint density at radius 3 is 1.86 bits per heavy atom. The van der Waals surface area contributed by atoms with E-state index in [1.54, 1.807) is 92.6 Å². The van der Waals surface area contributed by atoms with Gasteiger partial charge in [0.2, 0.25) is 59.3 Å². The van der Waals surface area contributed by atoms with Crippen molar-refractivity contribution >= 4 is 77.1 Å². The molecule has 668 valence electrons. The zero-order valence-corrected chi connectivity index (χ0v) is 71.5. The Balaban J connectivity index is 1.000. The van der Waals surface area contributed by atoms with E-state index in [1.165, 1.54) is 74.6 Å². The van der Waals surface area contributed by atoms with Gasteiger partial charge < -0.3 is 112 Å². The molecule has 15 bridgehead atoms. The van der Waals surface area contributed by atoms with Crippen molar-refractivity contribution in [2.24, 2.45) is 29.6 Å². The van der Waals surface area contributed by atoms with Gasteiger partial charge in [-0.15, -0.1) is 0 Å². The van der Waals surface area contributed by atoms with Crippen LogP contribution in [0.5, 0.6) is 40.2 Å². The highest BCUT2D eigenvalue weighted by Gasteiger charge is 2.52. The number of ether oxygens (including phenoxy) is 6. The Morgan fingerprint density at radius 1 is 0.608 bits per heavy atom. The first-order valence-corrected chi connectivity index (χ1v) is 41.9. The fraction of sp³-hybridized carbons (Fsp3) is 0.472. The molecule has 17 N–H and O–H groups in total. The number of aryl methyl sites for hydroxylation is 2. The number of aliphatic hydroxyl groups is 5. The van der Waals surface area contributed by atoms with Crippen LogP contribution in [0, 0.1) is 43.4 Å². The number of nitrogens with zero attached hydrogens (tertiary/aromatic N) is 1. The number of aromatic hydroxyl groups is 2. The predicted octanol–water partition coefficient (Wildman–Crippen LogP) is 6.70. The maximum atomic E-state index is 16.6. The number of fused-ring (bicyclic) bond motifs is 15. The fourth-order valence-corrected chi connectivity index (χ4v) is 17.8. The molecule has 6 aromatic carbocycles. The topological polar surface area (TPSA) is 508 Å². The number of likely N-dealkylation sites (N-methyl/N-ethyl adjacent to an activating group) is 1. The Morgan fingerprint density at radius 2 is 1.22 bits per heavy atom. The van der Waals surface area contributed by atoms with Gasteiger partial charge in [0.15, 0.2) is 11.5 Å². The molecule has 10 aliphatic rings. The highest BCUT2D eigenvalue weighted by molar-refractivity contribution is 6.32. The van der Waals surface area contributed by atoms with Crippen LogP contribution in [0.1, 0.15) is 175 Å². The Labute approximate surface area is 725 Å². The van der Waals surface area contributed by atoms with Crippen LogP contribution in [0.2, 0.25) is 5.02 Å². The third-order valence-corrected chi connectivity index (χ3v) is 23.7. The standard InChI is InChI=1S/C89H106ClN11O24/c1-39(2)23-56(101(11)87(119)125-89(8,9)10)78(111)99-69-71(105)46-18-21-58(40(3)24-46)120-60-33-50-34-61(76(60)123-84-75(109)74(108)73(107)62(122-84)38-92-86(118)124-88(5,6)7)121-59-22-19-47(32-54(59)90)72(106)70-83(116)98-68(81(114)95-65-48-27-43-26-44(29-48)30-49(65)28-43)53-35-51(102)25-41(4)64(53)52-31-45(17-20-57(52)103)66(79(112)100-70)97-80(113)67(50)96-77(110)55(93-82(69)115)36-63(104)94-85(117)91-37-42-15-13-12-14-16-42/h12-22,24-25,31-35,39,43-44,48-49,55-56,62,65-75,84,102-103,105-109H,23,26-30,36-38H2,1-11H3,(H,92,118)(H,93,115)(H,95,114)(H,96,110)(H,97,113)(H,98,116)(H,99,111)(H,100,112)(H2,91,94,104,117)/t43?,44?,48?,49?,55-,56+,62+,65?,66+,67+,68-,69+,70-,71+,72+,73+,74-,75+,84-/m0/s1. The Hall–Kier alpha value is -11.9. The van der Waals surface area contributed by atoms with E-state index < -0.39 is 203 Å². The largest absolute Gasteiger partial charge is 0.508 e. The van der Waals surface area contributed by atoms with E-state index in [2.05, 4.69) is 53.2 Å². The van der Waals surface area contributed by atoms with Crippen molar-refractivity contribution in [2.45, 2.75) is 223 Å². The van der Waals surface area contributed by atoms with Gasteiger partial charge in [0, 0.05) is 31.7 Å². The number of halogens is 1. The first-order valence-electron chi connectivity index (χ1n) is 41.5. The van der Waals surface area contributed by atoms with Crippen LogP contribution < -0.4 is 67.4 Å². The normalized spacial score (nSPS) is 26.7. The molecule has 6 aliphatic heterocycles. The first kappa shape index (κ1) is 90.9. The van der Waals surface area contributed by atoms with Gasteiger partial charge in [0.25, 0.3) is 0 Å². The van der Waals surface area contributed by atoms with Crippen molar-refractivity contribution in [1.29, 1.82) is 0 Å². The zero-order valence-electron chi connectivity index (χ0n) is 70.7. The monoisotopic (exact) mass is 1750 g/mol. The molecule has 0 aromatic heterocycles. The molecule has 1 saturated heterocycles. The number of hydrogen-bond acceptors (Lipinski definition) is 24. The summed E-state index contributed by atoms with van der Waals surface area (Å²) in [6.45, 7) is 15.4. The highest BCUT2D eigenvalue weighted by Crippen LogP contribution is 2.55. The lowest BCUT2D eigenvalue weighted by molar-refractivity contribution is -0.270. The number of alkyl carbamates (subject to hydrolysis) is 1. The van der Waals surface area contributed by atoms with Crippen molar-refractivity contribution in [1.82, 2.24) is 58.1 Å². The molecular formula is C89H106ClN11O24. The molecule has 5 fully saturated rings. The molecule has 35 nitrogen and oxygen atoms in total. The second kappa shape index (κ2) is 37.1. The lowest BCUT2D eigenvalue weighted by atomic mass is 9.54. The summed E-state index contributed by atoms with van der Waals surface area (Å²) in [6, 6.07) is 8.50. The average molecular weight is 1750 g/mol. The first-order chi connectivity index (χ1) is 59.0. The minimum atomic E-state index is -2.38. The highest BCUT2D eigenvalue weighted by atomic mass is 35.5. The van der Waals surface area contributed by atoms with E-state index >= 15 is 33.6 Å². The summed E-state index contributed by atoms with van der Waals surface area (Å²) in [4.78, 5) is 167. The molecule has 125 heavy (non-hydrogen) atoms. The molecular weight excluding hydrogens is 1640 g/mol. The third-order valence-electron chi connectivity index (χ3n) is 23.4. The number of rotatable bonds is 15. The number of amides is 12. The number of urea groups is 1. The van der Waals surface area contributed by atoms with Gasteiger partial charge in [-0.3, -0.25) is 48.6 Å². The summed E-state index contributed by atoms with van der Waals surface area (Å²) in [5.74, 6) is -12.2. The summed E-state index contributed by atoms with van der Waals surface area (Å²) < 4.78 is 37.4. The molecule has 36 heteroatoms. The summed E-state index contributed by atoms with van der Waals surface area (Å²) in [5.41, 5.74) is -2.25. The molecule has 6 aromatic rings. The number of nitrogens with one attached hydrogen (secondary N) is 10. The molecule has 0 unspecified atom stereocenters. The number of carbonyl (C=O) groups excluding carboxylic acids is 11. The van der Waals surface area contributed by atoms with Crippen LogP contribution in [-0.4, -0.2) is 192 Å². The second-order valence-corrected chi connectivity index (χ2v) is 36.1. The maximum Gasteiger partial charge on any atom is 0.410 e. The van der Waals surface area contributed by atoms with Crippen molar-refractivity contribution in [3.8, 4) is 51.4 Å². The number of imide groups is 1. The van der Waals surface area contributed by atoms with Gasteiger partial charge in [0.05, 0.1) is 11.4 Å². The summed E-state index contributed by atoms with van der Waals surface area (Å²) in [5, 5.41) is 110. The third kappa shape index (κ3) is 20.9. The Bertz CT molecular complexity index is 5150. The average Bonchev–Trinajstić information content (AvgIpc) is 0.756. The smallest absolute Gasteiger partial charge is 0.410 e. The van der Waals surface area contributed by atoms with Crippen LogP contribution in [0.25, 0.3) is 11.1 Å². The molecule has 0 spiro atoms. The van der Waals surface area contributed by atoms with Crippen molar-refractivity contribution in [3.05, 3.63) is 159 Å². The lowest BCUT2D eigenvalue weighted by Gasteiger charge is -2.54. The van der Waals surface area contributed by atoms with E-state index in [-0.39, 0.29) is 104 Å². The van der Waals surface area contributed by atoms with Crippen molar-refractivity contribution in [3.63, 3.8) is 0 Å². The van der Waals surface area contributed by atoms with Gasteiger partial charge in [-0.05, 0) is 234 Å². The minimum absolute atomic E-state index is 0.0565. The molecule has 0 radical (unpaired) electrons. The lowest BCUT2D eigenvalue weighted by Crippen LogP contribution is -2.61. The summed E-state index contributed by atoms with van der Waals surface area (Å²) in [6.07, 6.45) is -13.0. The number of phenols is 2. The number of aliphatic hydroxyl groups excluding tert-OH is 5. The van der Waals surface area contributed by atoms with E-state index in [0.29, 0.717) is 17.4 Å². The van der Waals surface area contributed by atoms with E-state index in [4.69, 9.17) is 40.0 Å². The minimum Gasteiger partial charge on any atom is -0.508 e.